The molecule has 1 fully saturated rings. The Morgan fingerprint density at radius 2 is 1.75 bits per heavy atom. The molecule has 0 aromatic rings. The number of nitrogens with zero attached hydrogens (tertiary/aromatic N) is 2. The van der Waals surface area contributed by atoms with Gasteiger partial charge in [0.2, 0.25) is 5.91 Å². The van der Waals surface area contributed by atoms with E-state index in [0.29, 0.717) is 5.41 Å². The molecule has 0 unspecified atom stereocenters. The van der Waals surface area contributed by atoms with E-state index in [1.54, 1.807) is 6.92 Å². The van der Waals surface area contributed by atoms with Gasteiger partial charge in [0.15, 0.2) is 0 Å². The Labute approximate surface area is 133 Å². The van der Waals surface area contributed by atoms with Crippen LogP contribution in [-0.2, 0) is 4.79 Å². The summed E-state index contributed by atoms with van der Waals surface area (Å²) >= 11 is 3.77. The minimum Gasteiger partial charge on any atom is -0.342 e. The monoisotopic (exact) mass is 346 g/mol. The summed E-state index contributed by atoms with van der Waals surface area (Å²) in [6.45, 7) is 11.4. The van der Waals surface area contributed by atoms with Gasteiger partial charge in [-0.15, -0.1) is 0 Å². The van der Waals surface area contributed by atoms with E-state index in [4.69, 9.17) is 0 Å². The molecule has 0 radical (unpaired) electrons. The molecule has 1 heterocycles. The van der Waals surface area contributed by atoms with Gasteiger partial charge in [-0.3, -0.25) is 4.79 Å². The Bertz CT molecular complexity index is 290. The summed E-state index contributed by atoms with van der Waals surface area (Å²) in [7, 11) is 0. The third-order valence-corrected chi connectivity index (χ3v) is 5.63. The predicted octanol–water partition coefficient (Wildman–Crippen LogP) is 3.52. The molecule has 0 aromatic carbocycles. The number of halogens is 1. The zero-order valence-electron chi connectivity index (χ0n) is 13.5. The van der Waals surface area contributed by atoms with Crippen molar-refractivity contribution >= 4 is 21.8 Å². The van der Waals surface area contributed by atoms with E-state index in [-0.39, 0.29) is 5.91 Å². The van der Waals surface area contributed by atoms with Crippen LogP contribution in [0, 0.1) is 5.41 Å². The summed E-state index contributed by atoms with van der Waals surface area (Å²) in [5, 5.41) is 1.09. The fourth-order valence-electron chi connectivity index (χ4n) is 3.44. The lowest BCUT2D eigenvalue weighted by Gasteiger charge is -2.37. The summed E-state index contributed by atoms with van der Waals surface area (Å²) in [5.41, 5.74) is 0.412. The van der Waals surface area contributed by atoms with Gasteiger partial charge in [-0.1, -0.05) is 42.6 Å². The summed E-state index contributed by atoms with van der Waals surface area (Å²) in [5.74, 6) is 0.223. The van der Waals surface area contributed by atoms with Crippen molar-refractivity contribution in [2.75, 3.05) is 38.1 Å². The standard InChI is InChI=1S/C16H31BrN2O/c1-4-7-16(13-17,8-5-2)14-18-9-6-10-19(12-11-18)15(3)20/h4-14H2,1-3H3. The first-order valence-corrected chi connectivity index (χ1v) is 9.23. The maximum absolute atomic E-state index is 11.5. The first-order chi connectivity index (χ1) is 9.56. The van der Waals surface area contributed by atoms with Crippen molar-refractivity contribution in [3.63, 3.8) is 0 Å². The van der Waals surface area contributed by atoms with Crippen molar-refractivity contribution in [2.24, 2.45) is 5.41 Å². The molecule has 3 nitrogen and oxygen atoms in total. The minimum absolute atomic E-state index is 0.223. The number of rotatable bonds is 7. The van der Waals surface area contributed by atoms with Gasteiger partial charge in [-0.25, -0.2) is 0 Å². The van der Waals surface area contributed by atoms with Crippen LogP contribution in [0.25, 0.3) is 0 Å². The molecule has 0 spiro atoms. The lowest BCUT2D eigenvalue weighted by atomic mass is 9.80. The smallest absolute Gasteiger partial charge is 0.219 e. The van der Waals surface area contributed by atoms with E-state index in [1.807, 2.05) is 4.90 Å². The van der Waals surface area contributed by atoms with Gasteiger partial charge in [0.1, 0.15) is 0 Å². The number of hydrogen-bond donors (Lipinski definition) is 0. The van der Waals surface area contributed by atoms with E-state index in [9.17, 15) is 4.79 Å². The van der Waals surface area contributed by atoms with E-state index in [0.717, 1.165) is 37.9 Å². The first kappa shape index (κ1) is 18.0. The van der Waals surface area contributed by atoms with Crippen LogP contribution in [0.1, 0.15) is 52.9 Å². The Balaban J connectivity index is 2.61. The molecule has 1 aliphatic rings. The third-order valence-electron chi connectivity index (χ3n) is 4.44. The molecule has 118 valence electrons. The highest BCUT2D eigenvalue weighted by Gasteiger charge is 2.30. The van der Waals surface area contributed by atoms with Gasteiger partial charge in [0.25, 0.3) is 0 Å². The van der Waals surface area contributed by atoms with E-state index in [2.05, 4.69) is 34.7 Å². The Morgan fingerprint density at radius 3 is 2.25 bits per heavy atom. The normalized spacial score (nSPS) is 18.1. The van der Waals surface area contributed by atoms with Crippen LogP contribution >= 0.6 is 15.9 Å². The molecule has 0 saturated carbocycles. The quantitative estimate of drug-likeness (QED) is 0.658. The molecule has 4 heteroatoms. The van der Waals surface area contributed by atoms with Crippen LogP contribution in [-0.4, -0.2) is 53.8 Å². The zero-order valence-corrected chi connectivity index (χ0v) is 15.0. The average molecular weight is 347 g/mol. The van der Waals surface area contributed by atoms with Gasteiger partial charge in [-0.05, 0) is 31.2 Å². The first-order valence-electron chi connectivity index (χ1n) is 8.10. The molecular weight excluding hydrogens is 316 g/mol. The highest BCUT2D eigenvalue weighted by Crippen LogP contribution is 2.33. The van der Waals surface area contributed by atoms with Gasteiger partial charge < -0.3 is 9.80 Å². The Hall–Kier alpha value is -0.0900. The van der Waals surface area contributed by atoms with Crippen LogP contribution in [0.2, 0.25) is 0 Å². The summed E-state index contributed by atoms with van der Waals surface area (Å²) < 4.78 is 0. The minimum atomic E-state index is 0.223. The maximum Gasteiger partial charge on any atom is 0.219 e. The van der Waals surface area contributed by atoms with Crippen molar-refractivity contribution in [1.29, 1.82) is 0 Å². The second-order valence-electron chi connectivity index (χ2n) is 6.27. The highest BCUT2D eigenvalue weighted by atomic mass is 79.9. The molecule has 0 aliphatic carbocycles. The van der Waals surface area contributed by atoms with Crippen LogP contribution in [0.3, 0.4) is 0 Å². The zero-order chi connectivity index (χ0) is 15.0. The van der Waals surface area contributed by atoms with Crippen LogP contribution in [0.4, 0.5) is 0 Å². The van der Waals surface area contributed by atoms with Crippen molar-refractivity contribution in [3.8, 4) is 0 Å². The second kappa shape index (κ2) is 9.04. The number of carbonyl (C=O) groups is 1. The van der Waals surface area contributed by atoms with Gasteiger partial charge >= 0.3 is 0 Å². The molecule has 1 rings (SSSR count). The molecule has 1 saturated heterocycles. The maximum atomic E-state index is 11.5. The number of alkyl halides is 1. The van der Waals surface area contributed by atoms with Gasteiger partial charge in [-0.2, -0.15) is 0 Å². The Morgan fingerprint density at radius 1 is 1.10 bits per heavy atom. The largest absolute Gasteiger partial charge is 0.342 e. The summed E-state index contributed by atoms with van der Waals surface area (Å²) in [4.78, 5) is 16.1. The van der Waals surface area contributed by atoms with Crippen LogP contribution < -0.4 is 0 Å². The predicted molar refractivity (Wildman–Crippen MR) is 89.4 cm³/mol. The van der Waals surface area contributed by atoms with Gasteiger partial charge in [0, 0.05) is 38.4 Å². The van der Waals surface area contributed by atoms with E-state index >= 15 is 0 Å². The van der Waals surface area contributed by atoms with E-state index in [1.165, 1.54) is 32.2 Å². The molecule has 0 N–H and O–H groups in total. The number of hydrogen-bond acceptors (Lipinski definition) is 2. The second-order valence-corrected chi connectivity index (χ2v) is 6.83. The third kappa shape index (κ3) is 5.36. The molecule has 1 amide bonds. The van der Waals surface area contributed by atoms with Crippen molar-refractivity contribution < 1.29 is 4.79 Å². The number of carbonyl (C=O) groups excluding carboxylic acids is 1. The van der Waals surface area contributed by atoms with Crippen molar-refractivity contribution in [2.45, 2.75) is 52.9 Å². The lowest BCUT2D eigenvalue weighted by molar-refractivity contribution is -0.128. The number of amides is 1. The van der Waals surface area contributed by atoms with E-state index < -0.39 is 0 Å². The fourth-order valence-corrected chi connectivity index (χ4v) is 4.18. The molecule has 20 heavy (non-hydrogen) atoms. The van der Waals surface area contributed by atoms with Crippen LogP contribution in [0.5, 0.6) is 0 Å². The highest BCUT2D eigenvalue weighted by molar-refractivity contribution is 9.09. The molecule has 0 aromatic heterocycles. The fraction of sp³-hybridized carbons (Fsp3) is 0.938. The van der Waals surface area contributed by atoms with Gasteiger partial charge in [0.05, 0.1) is 0 Å². The van der Waals surface area contributed by atoms with Crippen LogP contribution in [0.15, 0.2) is 0 Å². The summed E-state index contributed by atoms with van der Waals surface area (Å²) in [6.07, 6.45) is 6.19. The SMILES string of the molecule is CCCC(CBr)(CCC)CN1CCCN(C(C)=O)CC1. The summed E-state index contributed by atoms with van der Waals surface area (Å²) in [6, 6.07) is 0. The topological polar surface area (TPSA) is 23.6 Å². The van der Waals surface area contributed by atoms with Crippen molar-refractivity contribution in [3.05, 3.63) is 0 Å². The molecule has 0 bridgehead atoms. The average Bonchev–Trinajstić information content (AvgIpc) is 2.65. The molecule has 1 aliphatic heterocycles. The lowest BCUT2D eigenvalue weighted by Crippen LogP contribution is -2.41. The van der Waals surface area contributed by atoms with Crippen molar-refractivity contribution in [1.82, 2.24) is 9.80 Å². The molecular formula is C16H31BrN2O. The Kier molecular flexibility index (Phi) is 8.11. The molecule has 0 atom stereocenters.